The average molecular weight is 248 g/mol. The number of amides is 1. The van der Waals surface area contributed by atoms with E-state index in [-0.39, 0.29) is 17.8 Å². The molecule has 0 heterocycles. The first-order valence-electron chi connectivity index (χ1n) is 5.24. The van der Waals surface area contributed by atoms with Gasteiger partial charge in [-0.15, -0.1) is 0 Å². The van der Waals surface area contributed by atoms with Gasteiger partial charge in [0.05, 0.1) is 12.1 Å². The number of hydrogen-bond donors (Lipinski definition) is 4. The molecule has 0 aromatic heterocycles. The lowest BCUT2D eigenvalue weighted by Crippen LogP contribution is -2.26. The van der Waals surface area contributed by atoms with E-state index in [0.29, 0.717) is 12.1 Å². The van der Waals surface area contributed by atoms with Gasteiger partial charge in [0.25, 0.3) is 0 Å². The predicted molar refractivity (Wildman–Crippen MR) is 71.3 cm³/mol. The van der Waals surface area contributed by atoms with Gasteiger partial charge < -0.3 is 22.5 Å². The maximum atomic E-state index is 11.2. The number of rotatable bonds is 3. The molecule has 7 N–H and O–H groups in total. The van der Waals surface area contributed by atoms with Crippen molar-refractivity contribution in [1.82, 2.24) is 5.32 Å². The zero-order valence-corrected chi connectivity index (χ0v) is 10.1. The molecule has 1 aromatic rings. The van der Waals surface area contributed by atoms with Crippen LogP contribution in [0.3, 0.4) is 0 Å². The van der Waals surface area contributed by atoms with E-state index >= 15 is 0 Å². The second-order valence-corrected chi connectivity index (χ2v) is 3.52. The minimum absolute atomic E-state index is 0.0194. The number of carbonyl (C=O) groups is 1. The first-order valence-corrected chi connectivity index (χ1v) is 5.24. The minimum Gasteiger partial charge on any atom is -0.370 e. The summed E-state index contributed by atoms with van der Waals surface area (Å²) in [6, 6.07) is 7.04. The Morgan fingerprint density at radius 2 is 1.83 bits per heavy atom. The lowest BCUT2D eigenvalue weighted by molar-refractivity contribution is -0.119. The molecule has 7 nitrogen and oxygen atoms in total. The highest BCUT2D eigenvalue weighted by molar-refractivity contribution is 5.93. The van der Waals surface area contributed by atoms with Crippen LogP contribution in [0.15, 0.2) is 34.3 Å². The zero-order valence-electron chi connectivity index (χ0n) is 10.1. The molecule has 96 valence electrons. The van der Waals surface area contributed by atoms with Gasteiger partial charge in [0.2, 0.25) is 11.9 Å². The van der Waals surface area contributed by atoms with E-state index in [9.17, 15) is 4.79 Å². The van der Waals surface area contributed by atoms with Gasteiger partial charge in [-0.05, 0) is 17.7 Å². The number of aliphatic imine (C=N–C) groups is 2. The molecule has 0 saturated heterocycles. The molecule has 0 aliphatic carbocycles. The molecule has 0 bridgehead atoms. The first kappa shape index (κ1) is 13.5. The maximum absolute atomic E-state index is 11.2. The SMILES string of the molecule is CNC(=O)Cc1ccc(N=C(N)N=C(N)N)cc1. The third-order valence-electron chi connectivity index (χ3n) is 2.07. The topological polar surface area (TPSA) is 132 Å². The van der Waals surface area contributed by atoms with Crippen LogP contribution in [0.2, 0.25) is 0 Å². The summed E-state index contributed by atoms with van der Waals surface area (Å²) in [7, 11) is 1.59. The molecule has 0 unspecified atom stereocenters. The minimum atomic E-state index is -0.146. The quantitative estimate of drug-likeness (QED) is 0.411. The highest BCUT2D eigenvalue weighted by atomic mass is 16.1. The Kier molecular flexibility index (Phi) is 4.67. The lowest BCUT2D eigenvalue weighted by atomic mass is 10.1. The van der Waals surface area contributed by atoms with Gasteiger partial charge >= 0.3 is 0 Å². The van der Waals surface area contributed by atoms with Gasteiger partial charge in [0.1, 0.15) is 0 Å². The fourth-order valence-corrected chi connectivity index (χ4v) is 1.25. The Balaban J connectivity index is 2.77. The number of nitrogens with zero attached hydrogens (tertiary/aromatic N) is 2. The van der Waals surface area contributed by atoms with Crippen LogP contribution in [0.25, 0.3) is 0 Å². The number of nitrogens with one attached hydrogen (secondary N) is 1. The van der Waals surface area contributed by atoms with Crippen LogP contribution < -0.4 is 22.5 Å². The van der Waals surface area contributed by atoms with E-state index in [0.717, 1.165) is 5.56 Å². The number of carbonyl (C=O) groups excluding carboxylic acids is 1. The Morgan fingerprint density at radius 1 is 1.22 bits per heavy atom. The summed E-state index contributed by atoms with van der Waals surface area (Å²) in [6.07, 6.45) is 0.323. The van der Waals surface area contributed by atoms with Crippen molar-refractivity contribution in [2.24, 2.45) is 27.2 Å². The maximum Gasteiger partial charge on any atom is 0.224 e. The Labute approximate surface area is 105 Å². The van der Waals surface area contributed by atoms with Crippen LogP contribution in [0.1, 0.15) is 5.56 Å². The molecule has 1 rings (SSSR count). The van der Waals surface area contributed by atoms with Gasteiger partial charge in [-0.1, -0.05) is 12.1 Å². The van der Waals surface area contributed by atoms with Crippen LogP contribution in [0.5, 0.6) is 0 Å². The number of benzene rings is 1. The van der Waals surface area contributed by atoms with Crippen molar-refractivity contribution >= 4 is 23.5 Å². The van der Waals surface area contributed by atoms with Crippen molar-refractivity contribution in [1.29, 1.82) is 0 Å². The first-order chi connectivity index (χ1) is 8.51. The smallest absolute Gasteiger partial charge is 0.224 e. The molecule has 0 aliphatic heterocycles. The molecule has 0 aliphatic rings. The number of likely N-dealkylation sites (N-methyl/N-ethyl adjacent to an activating group) is 1. The standard InChI is InChI=1S/C11H16N6O/c1-15-9(18)6-7-2-4-8(5-3-7)16-11(14)17-10(12)13/h2-5H,6H2,1H3,(H,15,18)(H6,12,13,14,16,17). The lowest BCUT2D eigenvalue weighted by Gasteiger charge is -2.01. The van der Waals surface area contributed by atoms with Crippen molar-refractivity contribution in [3.05, 3.63) is 29.8 Å². The van der Waals surface area contributed by atoms with Crippen molar-refractivity contribution in [3.63, 3.8) is 0 Å². The monoisotopic (exact) mass is 248 g/mol. The van der Waals surface area contributed by atoms with Crippen LogP contribution in [0.4, 0.5) is 5.69 Å². The molecule has 0 radical (unpaired) electrons. The molecule has 1 aromatic carbocycles. The number of hydrogen-bond acceptors (Lipinski definition) is 2. The van der Waals surface area contributed by atoms with E-state index < -0.39 is 0 Å². The van der Waals surface area contributed by atoms with Crippen molar-refractivity contribution in [3.8, 4) is 0 Å². The number of nitrogens with two attached hydrogens (primary N) is 3. The second-order valence-electron chi connectivity index (χ2n) is 3.52. The van der Waals surface area contributed by atoms with Crippen molar-refractivity contribution in [2.45, 2.75) is 6.42 Å². The molecule has 0 saturated carbocycles. The van der Waals surface area contributed by atoms with Gasteiger partial charge in [0, 0.05) is 7.05 Å². The number of guanidine groups is 2. The summed E-state index contributed by atoms with van der Waals surface area (Å²) in [5, 5.41) is 2.55. The Morgan fingerprint density at radius 3 is 2.33 bits per heavy atom. The molecule has 1 amide bonds. The van der Waals surface area contributed by atoms with Gasteiger partial charge in [-0.2, -0.15) is 4.99 Å². The largest absolute Gasteiger partial charge is 0.370 e. The van der Waals surface area contributed by atoms with E-state index in [4.69, 9.17) is 17.2 Å². The molecule has 0 spiro atoms. The van der Waals surface area contributed by atoms with Crippen LogP contribution in [0, 0.1) is 0 Å². The summed E-state index contributed by atoms with van der Waals surface area (Å²) in [5.41, 5.74) is 17.3. The van der Waals surface area contributed by atoms with Gasteiger partial charge in [0.15, 0.2) is 5.96 Å². The van der Waals surface area contributed by atoms with Gasteiger partial charge in [-0.25, -0.2) is 4.99 Å². The highest BCUT2D eigenvalue weighted by Crippen LogP contribution is 2.13. The summed E-state index contributed by atoms with van der Waals surface area (Å²) >= 11 is 0. The molecule has 18 heavy (non-hydrogen) atoms. The summed E-state index contributed by atoms with van der Waals surface area (Å²) in [5.74, 6) is -0.215. The third-order valence-corrected chi connectivity index (χ3v) is 2.07. The summed E-state index contributed by atoms with van der Waals surface area (Å²) in [6.45, 7) is 0. The van der Waals surface area contributed by atoms with Crippen LogP contribution in [-0.4, -0.2) is 24.9 Å². The van der Waals surface area contributed by atoms with E-state index in [2.05, 4.69) is 15.3 Å². The summed E-state index contributed by atoms with van der Waals surface area (Å²) < 4.78 is 0. The molecule has 7 heteroatoms. The van der Waals surface area contributed by atoms with E-state index in [1.165, 1.54) is 0 Å². The highest BCUT2D eigenvalue weighted by Gasteiger charge is 2.00. The fourth-order valence-electron chi connectivity index (χ4n) is 1.25. The Bertz CT molecular complexity index is 473. The van der Waals surface area contributed by atoms with E-state index in [1.807, 2.05) is 0 Å². The zero-order chi connectivity index (χ0) is 13.5. The molecule has 0 atom stereocenters. The molecule has 0 fully saturated rings. The third kappa shape index (κ3) is 4.52. The Hall–Kier alpha value is -2.57. The normalized spacial score (nSPS) is 10.8. The van der Waals surface area contributed by atoms with Crippen LogP contribution in [-0.2, 0) is 11.2 Å². The summed E-state index contributed by atoms with van der Waals surface area (Å²) in [4.78, 5) is 18.7. The van der Waals surface area contributed by atoms with E-state index in [1.54, 1.807) is 31.3 Å². The van der Waals surface area contributed by atoms with Crippen LogP contribution >= 0.6 is 0 Å². The predicted octanol–water partition coefficient (Wildman–Crippen LogP) is -0.805. The molecular weight excluding hydrogens is 232 g/mol. The average Bonchev–Trinajstić information content (AvgIpc) is 2.30. The fraction of sp³-hybridized carbons (Fsp3) is 0.182. The second kappa shape index (κ2) is 6.24. The van der Waals surface area contributed by atoms with Gasteiger partial charge in [-0.3, -0.25) is 4.79 Å². The van der Waals surface area contributed by atoms with Crippen molar-refractivity contribution in [2.75, 3.05) is 7.05 Å². The molecular formula is C11H16N6O. The van der Waals surface area contributed by atoms with Crippen molar-refractivity contribution < 1.29 is 4.79 Å².